The Balaban J connectivity index is 1.80. The maximum absolute atomic E-state index is 12.2. The van der Waals surface area contributed by atoms with Crippen molar-refractivity contribution in [2.75, 3.05) is 29.9 Å². The monoisotopic (exact) mass is 458 g/mol. The maximum atomic E-state index is 12.2. The fraction of sp³-hybridized carbons (Fsp3) is 0.240. The third-order valence-corrected chi connectivity index (χ3v) is 5.94. The van der Waals surface area contributed by atoms with Crippen LogP contribution >= 0.6 is 0 Å². The summed E-state index contributed by atoms with van der Waals surface area (Å²) in [7, 11) is 1.75. The number of para-hydroxylation sites is 1. The molecule has 0 spiro atoms. The van der Waals surface area contributed by atoms with Crippen molar-refractivity contribution in [2.24, 2.45) is 11.7 Å². The van der Waals surface area contributed by atoms with Gasteiger partial charge in [0.05, 0.1) is 4.92 Å². The minimum absolute atomic E-state index is 0.172. The minimum atomic E-state index is -0.442. The molecular formula is C25H26N6O3. The van der Waals surface area contributed by atoms with Crippen LogP contribution in [0.1, 0.15) is 24.1 Å². The summed E-state index contributed by atoms with van der Waals surface area (Å²) in [5.41, 5.74) is 7.18. The Morgan fingerprint density at radius 1 is 1.06 bits per heavy atom. The third-order valence-electron chi connectivity index (χ3n) is 5.94. The molecule has 9 heteroatoms. The average Bonchev–Trinajstić information content (AvgIpc) is 2.87. The molecule has 34 heavy (non-hydrogen) atoms. The van der Waals surface area contributed by atoms with Gasteiger partial charge in [-0.3, -0.25) is 14.9 Å². The molecule has 0 saturated carbocycles. The summed E-state index contributed by atoms with van der Waals surface area (Å²) in [6.45, 7) is 1.09. The van der Waals surface area contributed by atoms with Gasteiger partial charge in [0.25, 0.3) is 0 Å². The van der Waals surface area contributed by atoms with E-state index in [0.29, 0.717) is 31.9 Å². The van der Waals surface area contributed by atoms with Crippen LogP contribution in [0.2, 0.25) is 0 Å². The molecule has 1 aliphatic rings. The van der Waals surface area contributed by atoms with Crippen molar-refractivity contribution in [3.05, 3.63) is 82.0 Å². The Kier molecular flexibility index (Phi) is 6.82. The van der Waals surface area contributed by atoms with E-state index in [1.807, 2.05) is 65.6 Å². The van der Waals surface area contributed by atoms with E-state index in [4.69, 9.17) is 5.73 Å². The van der Waals surface area contributed by atoms with Gasteiger partial charge in [-0.25, -0.2) is 4.98 Å². The molecular weight excluding hydrogens is 432 g/mol. The van der Waals surface area contributed by atoms with Crippen LogP contribution in [0.4, 0.5) is 23.1 Å². The van der Waals surface area contributed by atoms with Crippen molar-refractivity contribution in [1.29, 1.82) is 0 Å². The van der Waals surface area contributed by atoms with E-state index < -0.39 is 4.92 Å². The zero-order valence-corrected chi connectivity index (χ0v) is 18.9. The van der Waals surface area contributed by atoms with Crippen LogP contribution in [0.15, 0.2) is 60.7 Å². The molecule has 0 radical (unpaired) electrons. The zero-order valence-electron chi connectivity index (χ0n) is 18.9. The second-order valence-electron chi connectivity index (χ2n) is 8.14. The number of benzene rings is 2. The van der Waals surface area contributed by atoms with E-state index >= 15 is 0 Å². The van der Waals surface area contributed by atoms with Crippen molar-refractivity contribution < 1.29 is 9.72 Å². The molecule has 2 heterocycles. The first kappa shape index (κ1) is 22.9. The van der Waals surface area contributed by atoms with Gasteiger partial charge < -0.3 is 15.5 Å². The first-order valence-corrected chi connectivity index (χ1v) is 11.1. The second-order valence-corrected chi connectivity index (χ2v) is 8.14. The van der Waals surface area contributed by atoms with Gasteiger partial charge in [-0.1, -0.05) is 54.6 Å². The molecule has 0 bridgehead atoms. The fourth-order valence-corrected chi connectivity index (χ4v) is 3.99. The molecule has 1 aromatic heterocycles. The Hall–Kier alpha value is -4.27. The number of anilines is 3. The highest BCUT2D eigenvalue weighted by molar-refractivity contribution is 5.80. The van der Waals surface area contributed by atoms with Crippen LogP contribution in [0, 0.1) is 16.0 Å². The maximum Gasteiger partial charge on any atom is 0.337 e. The van der Waals surface area contributed by atoms with Crippen molar-refractivity contribution >= 4 is 41.2 Å². The smallest absolute Gasteiger partial charge is 0.337 e. The summed E-state index contributed by atoms with van der Waals surface area (Å²) in [5, 5.41) is 12.2. The Morgan fingerprint density at radius 2 is 1.68 bits per heavy atom. The van der Waals surface area contributed by atoms with Crippen LogP contribution in [-0.2, 0) is 4.79 Å². The van der Waals surface area contributed by atoms with E-state index in [2.05, 4.69) is 9.97 Å². The van der Waals surface area contributed by atoms with Crippen molar-refractivity contribution in [2.45, 2.75) is 12.8 Å². The number of amides is 1. The fourth-order valence-electron chi connectivity index (χ4n) is 3.99. The SMILES string of the molecule is CN(c1ccccc1)c1nc(N2CCC(C(N)=O)CC2)nc(/C=C/c2ccccc2)c1[N+](=O)[O-]. The number of carbonyl (C=O) groups is 1. The van der Waals surface area contributed by atoms with Crippen LogP contribution in [0.3, 0.4) is 0 Å². The summed E-state index contributed by atoms with van der Waals surface area (Å²) >= 11 is 0. The summed E-state index contributed by atoms with van der Waals surface area (Å²) in [6.07, 6.45) is 4.63. The summed E-state index contributed by atoms with van der Waals surface area (Å²) < 4.78 is 0. The quantitative estimate of drug-likeness (QED) is 0.419. The number of hydrogen-bond donors (Lipinski definition) is 1. The molecule has 3 aromatic rings. The minimum Gasteiger partial charge on any atom is -0.369 e. The lowest BCUT2D eigenvalue weighted by molar-refractivity contribution is -0.384. The first-order valence-electron chi connectivity index (χ1n) is 11.1. The van der Waals surface area contributed by atoms with Gasteiger partial charge in [0.2, 0.25) is 17.7 Å². The topological polar surface area (TPSA) is 118 Å². The van der Waals surface area contributed by atoms with Crippen LogP contribution in [0.25, 0.3) is 12.2 Å². The van der Waals surface area contributed by atoms with Gasteiger partial charge in [-0.05, 0) is 36.6 Å². The van der Waals surface area contributed by atoms with Gasteiger partial charge in [0.15, 0.2) is 0 Å². The molecule has 0 unspecified atom stereocenters. The van der Waals surface area contributed by atoms with E-state index in [-0.39, 0.29) is 29.0 Å². The van der Waals surface area contributed by atoms with Gasteiger partial charge in [0.1, 0.15) is 5.69 Å². The predicted molar refractivity (Wildman–Crippen MR) is 133 cm³/mol. The molecule has 1 saturated heterocycles. The number of nitrogens with two attached hydrogens (primary N) is 1. The predicted octanol–water partition coefficient (Wildman–Crippen LogP) is 4.02. The standard InChI is InChI=1S/C25H26N6O3/c1-29(20-10-6-3-7-11-20)24-22(31(33)34)21(13-12-18-8-4-2-5-9-18)27-25(28-24)30-16-14-19(15-17-30)23(26)32/h2-13,19H,14-17H2,1H3,(H2,26,32)/b13-12+. The highest BCUT2D eigenvalue weighted by atomic mass is 16.6. The first-order chi connectivity index (χ1) is 16.4. The Labute approximate surface area is 197 Å². The van der Waals surface area contributed by atoms with Crippen LogP contribution < -0.4 is 15.5 Å². The molecule has 0 atom stereocenters. The number of piperidine rings is 1. The second kappa shape index (κ2) is 10.1. The number of carbonyl (C=O) groups excluding carboxylic acids is 1. The highest BCUT2D eigenvalue weighted by Gasteiger charge is 2.30. The Morgan fingerprint density at radius 3 is 2.26 bits per heavy atom. The van der Waals surface area contributed by atoms with E-state index in [9.17, 15) is 14.9 Å². The molecule has 1 amide bonds. The normalized spacial score (nSPS) is 14.3. The van der Waals surface area contributed by atoms with Gasteiger partial charge in [-0.15, -0.1) is 0 Å². The van der Waals surface area contributed by atoms with E-state index in [1.54, 1.807) is 24.1 Å². The van der Waals surface area contributed by atoms with Gasteiger partial charge >= 0.3 is 5.69 Å². The van der Waals surface area contributed by atoms with Crippen molar-refractivity contribution in [3.63, 3.8) is 0 Å². The molecule has 1 aliphatic heterocycles. The van der Waals surface area contributed by atoms with Crippen molar-refractivity contribution in [3.8, 4) is 0 Å². The van der Waals surface area contributed by atoms with Crippen molar-refractivity contribution in [1.82, 2.24) is 9.97 Å². The van der Waals surface area contributed by atoms with E-state index in [1.165, 1.54) is 0 Å². The number of hydrogen-bond acceptors (Lipinski definition) is 7. The molecule has 4 rings (SSSR count). The van der Waals surface area contributed by atoms with Gasteiger partial charge in [0, 0.05) is 31.7 Å². The van der Waals surface area contributed by atoms with Crippen LogP contribution in [-0.4, -0.2) is 40.9 Å². The summed E-state index contributed by atoms with van der Waals surface area (Å²) in [5.74, 6) is 0.100. The van der Waals surface area contributed by atoms with Gasteiger partial charge in [-0.2, -0.15) is 4.98 Å². The molecule has 1 fully saturated rings. The van der Waals surface area contributed by atoms with Crippen LogP contribution in [0.5, 0.6) is 0 Å². The van der Waals surface area contributed by atoms with E-state index in [0.717, 1.165) is 11.3 Å². The number of primary amides is 1. The largest absolute Gasteiger partial charge is 0.369 e. The zero-order chi connectivity index (χ0) is 24.1. The number of nitro groups is 1. The average molecular weight is 459 g/mol. The molecule has 9 nitrogen and oxygen atoms in total. The molecule has 2 aromatic carbocycles. The molecule has 0 aliphatic carbocycles. The summed E-state index contributed by atoms with van der Waals surface area (Å²) in [4.78, 5) is 36.2. The third kappa shape index (κ3) is 5.03. The number of nitrogens with zero attached hydrogens (tertiary/aromatic N) is 5. The molecule has 2 N–H and O–H groups in total. The molecule has 174 valence electrons. The summed E-state index contributed by atoms with van der Waals surface area (Å²) in [6, 6.07) is 18.9. The lowest BCUT2D eigenvalue weighted by Crippen LogP contribution is -2.39. The highest BCUT2D eigenvalue weighted by Crippen LogP contribution is 2.36. The Bertz CT molecular complexity index is 1190. The lowest BCUT2D eigenvalue weighted by Gasteiger charge is -2.31. The number of aromatic nitrogens is 2. The number of rotatable bonds is 7. The lowest BCUT2D eigenvalue weighted by atomic mass is 9.96.